The van der Waals surface area contributed by atoms with Crippen LogP contribution < -0.4 is 4.74 Å². The van der Waals surface area contributed by atoms with Gasteiger partial charge in [-0.05, 0) is 85.3 Å². The molecule has 0 bridgehead atoms. The van der Waals surface area contributed by atoms with Crippen LogP contribution in [-0.4, -0.2) is 64.9 Å². The first kappa shape index (κ1) is 65.4. The number of alkyl halides is 1. The van der Waals surface area contributed by atoms with Crippen molar-refractivity contribution in [3.05, 3.63) is 29.8 Å². The van der Waals surface area contributed by atoms with Gasteiger partial charge in [0.25, 0.3) is 6.26 Å². The van der Waals surface area contributed by atoms with Crippen LogP contribution in [0.25, 0.3) is 0 Å². The zero-order valence-corrected chi connectivity index (χ0v) is 45.8. The summed E-state index contributed by atoms with van der Waals surface area (Å²) in [6.07, 6.45) is 43.9. The van der Waals surface area contributed by atoms with Crippen molar-refractivity contribution in [1.29, 1.82) is 5.26 Å². The van der Waals surface area contributed by atoms with Gasteiger partial charge in [-0.1, -0.05) is 237 Å². The fourth-order valence-corrected chi connectivity index (χ4v) is 8.30. The fraction of sp³-hybridized carbons (Fsp3) is 0.857. The standard InChI is InChI=1S/C28H58O.C16H26O3.C11H18N2O2.CH3I.H2/c1-2-3-4-5-6-7-8-9-10-11-12-13-14-15-16-17-18-19-20-21-22-23-24-25-26-27-28-29;1-15(2,12-16(3,4)18)11-13-5-7-14(8-6-13)19-10-9-17;1-10(6-13-9-14)4-5-11(2,3)7-15-8-12;1-2;/h29H,2-28H2,1H3;5-8,17-18H,9-12H2,1-4H3;10H,4-7H2,1-3H3;1H3;1H/i;;;1T;. The number of ether oxygens (including phenoxy) is 2. The molecule has 3 N–H and O–H groups in total. The molecule has 384 valence electrons. The van der Waals surface area contributed by atoms with Gasteiger partial charge in [0, 0.05) is 9.40 Å². The number of hydrogen-bond donors (Lipinski definition) is 3. The number of unbranched alkanes of at least 4 members (excludes halogenated alkanes) is 25. The van der Waals surface area contributed by atoms with E-state index in [1.807, 2.05) is 67.6 Å². The van der Waals surface area contributed by atoms with Gasteiger partial charge in [-0.2, -0.15) is 5.26 Å². The van der Waals surface area contributed by atoms with Crippen LogP contribution in [0.4, 0.5) is 0 Å². The van der Waals surface area contributed by atoms with Gasteiger partial charge >= 0.3 is 0 Å². The van der Waals surface area contributed by atoms with Gasteiger partial charge in [-0.15, -0.1) is 0 Å². The Morgan fingerprint density at radius 2 is 1.11 bits per heavy atom. The minimum Gasteiger partial charge on any atom is -0.491 e. The molecule has 1 atom stereocenters. The first-order valence-electron chi connectivity index (χ1n) is 26.8. The van der Waals surface area contributed by atoms with E-state index in [2.05, 4.69) is 39.6 Å². The highest BCUT2D eigenvalue weighted by atomic mass is 127. The minimum atomic E-state index is -0.645. The van der Waals surface area contributed by atoms with Gasteiger partial charge in [-0.3, -0.25) is 0 Å². The highest BCUT2D eigenvalue weighted by Gasteiger charge is 2.27. The van der Waals surface area contributed by atoms with Crippen molar-refractivity contribution < 1.29 is 32.4 Å². The third-order valence-electron chi connectivity index (χ3n) is 11.7. The van der Waals surface area contributed by atoms with Gasteiger partial charge in [0.2, 0.25) is 6.08 Å². The number of aliphatic imine (C=N–C) groups is 1. The van der Waals surface area contributed by atoms with E-state index in [0.717, 1.165) is 37.9 Å². The molecular weight excluding hydrogens is 924 g/mol. The van der Waals surface area contributed by atoms with E-state index in [1.54, 1.807) is 6.26 Å². The summed E-state index contributed by atoms with van der Waals surface area (Å²) in [6, 6.07) is 7.92. The van der Waals surface area contributed by atoms with Crippen molar-refractivity contribution in [3.8, 4) is 12.0 Å². The zero-order chi connectivity index (χ0) is 50.1. The molecule has 0 spiro atoms. The van der Waals surface area contributed by atoms with Crippen molar-refractivity contribution in [1.82, 2.24) is 0 Å². The van der Waals surface area contributed by atoms with Crippen LogP contribution in [0.2, 0.25) is 0 Å². The lowest BCUT2D eigenvalue weighted by atomic mass is 9.77. The maximum Gasteiger partial charge on any atom is 0.286 e. The topological polar surface area (TPSA) is 132 Å². The minimum absolute atomic E-state index is 0. The van der Waals surface area contributed by atoms with Gasteiger partial charge in [0.15, 0.2) is 0 Å². The van der Waals surface area contributed by atoms with Crippen LogP contribution >= 0.6 is 22.6 Å². The average Bonchev–Trinajstić information content (AvgIpc) is 3.26. The Kier molecular flexibility index (Phi) is 49.0. The maximum absolute atomic E-state index is 9.93. The fourth-order valence-electron chi connectivity index (χ4n) is 8.30. The Hall–Kier alpha value is -1.70. The molecule has 0 fully saturated rings. The lowest BCUT2D eigenvalue weighted by molar-refractivity contribution is 0.0320. The summed E-state index contributed by atoms with van der Waals surface area (Å²) in [4.78, 5) is 13.9. The van der Waals surface area contributed by atoms with Crippen LogP contribution in [0.1, 0.15) is 250 Å². The van der Waals surface area contributed by atoms with E-state index in [4.69, 9.17) is 26.3 Å². The number of benzene rings is 1. The molecule has 1 unspecified atom stereocenters. The highest BCUT2D eigenvalue weighted by molar-refractivity contribution is 14.1. The molecule has 1 aromatic rings. The van der Waals surface area contributed by atoms with E-state index in [-0.39, 0.29) is 18.9 Å². The average molecular weight is 1030 g/mol. The van der Waals surface area contributed by atoms with E-state index in [1.165, 1.54) is 172 Å². The van der Waals surface area contributed by atoms with Crippen LogP contribution in [0.5, 0.6) is 5.75 Å². The Morgan fingerprint density at radius 1 is 0.708 bits per heavy atom. The molecule has 8 nitrogen and oxygen atoms in total. The molecule has 0 aliphatic rings. The summed E-state index contributed by atoms with van der Waals surface area (Å²) >= 11 is 1.96. The van der Waals surface area contributed by atoms with Crippen LogP contribution in [0.15, 0.2) is 29.3 Å². The molecule has 0 aliphatic heterocycles. The third-order valence-corrected chi connectivity index (χ3v) is 11.7. The van der Waals surface area contributed by atoms with Crippen molar-refractivity contribution in [2.24, 2.45) is 21.7 Å². The van der Waals surface area contributed by atoms with Crippen LogP contribution in [0.3, 0.4) is 0 Å². The predicted octanol–water partition coefficient (Wildman–Crippen LogP) is 16.5. The normalized spacial score (nSPS) is 11.9. The molecule has 0 radical (unpaired) electrons. The van der Waals surface area contributed by atoms with E-state index in [0.29, 0.717) is 37.2 Å². The molecule has 0 saturated carbocycles. The maximum atomic E-state index is 9.93. The molecule has 0 saturated heterocycles. The summed E-state index contributed by atoms with van der Waals surface area (Å²) in [7, 11) is 0. The summed E-state index contributed by atoms with van der Waals surface area (Å²) in [5.74, 6) is 1.14. The number of aliphatic hydroxyl groups is 3. The number of halogens is 1. The lowest BCUT2D eigenvalue weighted by Gasteiger charge is -2.31. The number of rotatable bonds is 40. The Morgan fingerprint density at radius 3 is 1.45 bits per heavy atom. The molecule has 1 aromatic carbocycles. The van der Waals surface area contributed by atoms with E-state index >= 15 is 0 Å². The third kappa shape index (κ3) is 54.8. The first-order valence-corrected chi connectivity index (χ1v) is 27.6. The summed E-state index contributed by atoms with van der Waals surface area (Å²) in [5, 5.41) is 35.7. The number of hydrogen-bond acceptors (Lipinski definition) is 8. The largest absolute Gasteiger partial charge is 0.491 e. The molecule has 0 amide bonds. The van der Waals surface area contributed by atoms with Gasteiger partial charge in [0.05, 0.1) is 18.8 Å². The number of carbonyl (C=O) groups excluding carboxylic acids is 1. The molecule has 0 aromatic heterocycles. The second-order valence-corrected chi connectivity index (χ2v) is 20.7. The number of aliphatic hydroxyl groups excluding tert-OH is 2. The number of isocyanates is 1. The summed E-state index contributed by atoms with van der Waals surface area (Å²) < 4.78 is 16.3. The monoisotopic (exact) mass is 1030 g/mol. The second kappa shape index (κ2) is 48.7. The quantitative estimate of drug-likeness (QED) is 0.0149. The van der Waals surface area contributed by atoms with E-state index in [9.17, 15) is 9.90 Å². The molecular formula is C56H107IN2O6. The lowest BCUT2D eigenvalue weighted by Crippen LogP contribution is -2.29. The van der Waals surface area contributed by atoms with Gasteiger partial charge < -0.3 is 24.8 Å². The molecule has 9 heteroatoms. The van der Waals surface area contributed by atoms with Crippen LogP contribution in [0, 0.1) is 28.3 Å². The Balaban J connectivity index is -0.000000451. The molecule has 0 heterocycles. The first-order chi connectivity index (χ1) is 31.6. The molecule has 65 heavy (non-hydrogen) atoms. The number of nitriles is 1. The summed E-state index contributed by atoms with van der Waals surface area (Å²) in [5.41, 5.74) is 0.625. The van der Waals surface area contributed by atoms with Crippen molar-refractivity contribution >= 4 is 28.7 Å². The molecule has 0 aliphatic carbocycles. The molecule has 1 rings (SSSR count). The second-order valence-electron chi connectivity index (χ2n) is 20.7. The van der Waals surface area contributed by atoms with E-state index < -0.39 is 5.60 Å². The van der Waals surface area contributed by atoms with Crippen molar-refractivity contribution in [3.63, 3.8) is 0 Å². The van der Waals surface area contributed by atoms with Gasteiger partial charge in [-0.25, -0.2) is 9.79 Å². The summed E-state index contributed by atoms with van der Waals surface area (Å²) in [6.45, 7) is 18.2. The smallest absolute Gasteiger partial charge is 0.286 e. The zero-order valence-electron chi connectivity index (χ0n) is 44.7. The highest BCUT2D eigenvalue weighted by Crippen LogP contribution is 2.32. The Bertz CT molecular complexity index is 1210. The Labute approximate surface area is 419 Å². The number of nitrogens with zero attached hydrogens (tertiary/aromatic N) is 2. The van der Waals surface area contributed by atoms with Crippen molar-refractivity contribution in [2.45, 2.75) is 254 Å². The van der Waals surface area contributed by atoms with Gasteiger partial charge in [0.1, 0.15) is 19.0 Å². The SMILES string of the molecule is CC(C)(O)CC(C)(C)Cc1ccc(OCCO)cc1.CC(CCC(C)(C)COC#N)CN=C=O.CCCCCCCCCCCCCCCCCCCCCCCCCCCCO.[3H]CI.[HH]. The van der Waals surface area contributed by atoms with Crippen molar-refractivity contribution in [2.75, 3.05) is 37.9 Å². The van der Waals surface area contributed by atoms with Crippen LogP contribution in [-0.2, 0) is 16.0 Å². The predicted molar refractivity (Wildman–Crippen MR) is 289 cm³/mol.